The molecule has 0 amide bonds. The first-order chi connectivity index (χ1) is 10.6. The molecule has 0 heterocycles. The molecule has 0 unspecified atom stereocenters. The molecule has 0 aromatic carbocycles. The molecule has 0 bridgehead atoms. The van der Waals surface area contributed by atoms with Gasteiger partial charge in [-0.1, -0.05) is 0 Å². The second kappa shape index (κ2) is 11.2. The maximum atomic E-state index is 2.49. The molecule has 0 nitrogen and oxygen atoms in total. The summed E-state index contributed by atoms with van der Waals surface area (Å²) >= 11 is 0.153. The van der Waals surface area contributed by atoms with Crippen LogP contribution in [0.25, 0.3) is 0 Å². The Morgan fingerprint density at radius 3 is 1.09 bits per heavy atom. The molecule has 0 spiro atoms. The second-order valence-electron chi connectivity index (χ2n) is 7.72. The van der Waals surface area contributed by atoms with Gasteiger partial charge in [-0.25, -0.2) is 0 Å². The molecule has 0 aliphatic rings. The van der Waals surface area contributed by atoms with Gasteiger partial charge in [-0.15, -0.1) is 0 Å². The van der Waals surface area contributed by atoms with Gasteiger partial charge in [0.1, 0.15) is 0 Å². The fraction of sp³-hybridized carbons (Fsp3) is 0.636. The van der Waals surface area contributed by atoms with E-state index in [-0.39, 0.29) is 17.1 Å². The quantitative estimate of drug-likeness (QED) is 0.293. The summed E-state index contributed by atoms with van der Waals surface area (Å²) in [4.78, 5) is 0. The van der Waals surface area contributed by atoms with Crippen LogP contribution in [0.4, 0.5) is 0 Å². The van der Waals surface area contributed by atoms with E-state index >= 15 is 0 Å². The maximum absolute atomic E-state index is 2.49. The third kappa shape index (κ3) is 9.46. The van der Waals surface area contributed by atoms with E-state index in [1.807, 2.05) is 0 Å². The van der Waals surface area contributed by atoms with Gasteiger partial charge in [0.05, 0.1) is 0 Å². The number of hydrogen-bond acceptors (Lipinski definition) is 0. The zero-order valence-corrected chi connectivity index (χ0v) is 18.7. The van der Waals surface area contributed by atoms with E-state index in [9.17, 15) is 0 Å². The van der Waals surface area contributed by atoms with Gasteiger partial charge in [0.15, 0.2) is 0 Å². The first-order valence-corrected chi connectivity index (χ1v) is 10.9. The number of rotatable bonds is 8. The van der Waals surface area contributed by atoms with Crippen molar-refractivity contribution in [3.63, 3.8) is 0 Å². The fourth-order valence-corrected chi connectivity index (χ4v) is 3.91. The second-order valence-corrected chi connectivity index (χ2v) is 9.30. The summed E-state index contributed by atoms with van der Waals surface area (Å²) in [6.07, 6.45) is 4.81. The van der Waals surface area contributed by atoms with E-state index in [4.69, 9.17) is 0 Å². The van der Waals surface area contributed by atoms with Gasteiger partial charge in [-0.3, -0.25) is 0 Å². The number of allylic oxidation sites excluding steroid dienone is 6. The van der Waals surface area contributed by atoms with Crippen molar-refractivity contribution in [3.05, 3.63) is 43.8 Å². The summed E-state index contributed by atoms with van der Waals surface area (Å²) in [5, 5.41) is 0. The summed E-state index contributed by atoms with van der Waals surface area (Å²) in [6, 6.07) is 0. The molecule has 0 saturated heterocycles. The fourth-order valence-electron chi connectivity index (χ4n) is 1.65. The predicted octanol–water partition coefficient (Wildman–Crippen LogP) is 7.35. The van der Waals surface area contributed by atoms with Gasteiger partial charge in [-0.2, -0.15) is 0 Å². The van der Waals surface area contributed by atoms with Crippen molar-refractivity contribution in [1.82, 2.24) is 0 Å². The molecule has 0 atom stereocenters. The predicted molar refractivity (Wildman–Crippen MR) is 103 cm³/mol. The summed E-state index contributed by atoms with van der Waals surface area (Å²) in [6.45, 7) is 22.8. The van der Waals surface area contributed by atoms with Crippen LogP contribution in [0.2, 0.25) is 0 Å². The van der Waals surface area contributed by atoms with E-state index in [0.29, 0.717) is 23.7 Å². The van der Waals surface area contributed by atoms with Crippen LogP contribution in [0.5, 0.6) is 0 Å². The van der Waals surface area contributed by atoms with E-state index in [1.165, 1.54) is 22.3 Å². The van der Waals surface area contributed by atoms with Gasteiger partial charge < -0.3 is 0 Å². The Hall–Kier alpha value is -0.417. The topological polar surface area (TPSA) is 0 Å². The Bertz CT molecular complexity index is 424. The van der Waals surface area contributed by atoms with Crippen molar-refractivity contribution in [2.24, 2.45) is 23.7 Å². The molecule has 0 rings (SSSR count). The van der Waals surface area contributed by atoms with E-state index < -0.39 is 0 Å². The van der Waals surface area contributed by atoms with Gasteiger partial charge in [-0.05, 0) is 0 Å². The molecule has 0 radical (unpaired) electrons. The minimum absolute atomic E-state index is 0.153. The summed E-state index contributed by atoms with van der Waals surface area (Å²) in [5.41, 5.74) is 5.96. The molecule has 134 valence electrons. The van der Waals surface area contributed by atoms with E-state index in [0.717, 1.165) is 0 Å². The summed E-state index contributed by atoms with van der Waals surface area (Å²) < 4.78 is 4.98. The van der Waals surface area contributed by atoms with Crippen LogP contribution < -0.4 is 0 Å². The Morgan fingerprint density at radius 1 is 0.565 bits per heavy atom. The van der Waals surface area contributed by atoms with Crippen LogP contribution in [0.1, 0.15) is 69.2 Å². The average molecular weight is 404 g/mol. The van der Waals surface area contributed by atoms with Crippen LogP contribution in [-0.2, 0) is 17.1 Å². The van der Waals surface area contributed by atoms with Crippen LogP contribution in [0, 0.1) is 23.7 Å². The summed E-state index contributed by atoms with van der Waals surface area (Å²) in [7, 11) is 0. The van der Waals surface area contributed by atoms with Crippen molar-refractivity contribution in [2.45, 2.75) is 69.2 Å². The molecule has 0 aromatic heterocycles. The molecule has 23 heavy (non-hydrogen) atoms. The Balaban J connectivity index is 5.32. The monoisotopic (exact) mass is 404 g/mol. The van der Waals surface area contributed by atoms with Crippen LogP contribution >= 0.6 is 0 Å². The first-order valence-electron chi connectivity index (χ1n) is 8.91. The molecular formula is C22H38Ru. The molecule has 0 N–H and O–H groups in total. The van der Waals surface area contributed by atoms with Gasteiger partial charge >= 0.3 is 154 Å². The van der Waals surface area contributed by atoms with Gasteiger partial charge in [0, 0.05) is 0 Å². The van der Waals surface area contributed by atoms with Crippen molar-refractivity contribution in [3.8, 4) is 0 Å². The molecule has 0 saturated carbocycles. The van der Waals surface area contributed by atoms with Gasteiger partial charge in [0.2, 0.25) is 0 Å². The zero-order chi connectivity index (χ0) is 18.2. The van der Waals surface area contributed by atoms with Crippen LogP contribution in [0.15, 0.2) is 43.8 Å². The van der Waals surface area contributed by atoms with Crippen molar-refractivity contribution < 1.29 is 17.1 Å². The van der Waals surface area contributed by atoms with Crippen molar-refractivity contribution in [1.29, 1.82) is 0 Å². The number of hydrogen-bond donors (Lipinski definition) is 0. The molecule has 1 heteroatoms. The normalized spacial score (nSPS) is 15.7. The Morgan fingerprint density at radius 2 is 0.870 bits per heavy atom. The SMILES string of the molecule is C/C(=C/C(=[CH]\[Ru]/[CH]=C(\C=C(\C)C(C)C)C(C)C)C(C)C)C(C)C. The zero-order valence-electron chi connectivity index (χ0n) is 17.0. The van der Waals surface area contributed by atoms with Crippen molar-refractivity contribution >= 4 is 0 Å². The molecule has 0 fully saturated rings. The third-order valence-corrected chi connectivity index (χ3v) is 6.04. The first kappa shape index (κ1) is 22.6. The van der Waals surface area contributed by atoms with Crippen LogP contribution in [0.3, 0.4) is 0 Å². The van der Waals surface area contributed by atoms with Gasteiger partial charge in [0.25, 0.3) is 0 Å². The van der Waals surface area contributed by atoms with Crippen molar-refractivity contribution in [2.75, 3.05) is 0 Å². The Labute approximate surface area is 153 Å². The Kier molecular flexibility index (Phi) is 11.0. The molecule has 0 aliphatic carbocycles. The molecule has 0 aromatic rings. The van der Waals surface area contributed by atoms with E-state index in [1.54, 1.807) is 0 Å². The standard InChI is InChI=1S/2C11H19.Ru/c2*1-8(2)10(5)7-11(6)9(3)4;/h2*5,7-9H,1-4,6H3;/b2*10-5?,11-7-;. The minimum atomic E-state index is 0.153. The average Bonchev–Trinajstić information content (AvgIpc) is 2.43. The summed E-state index contributed by atoms with van der Waals surface area (Å²) in [5.74, 6) is 2.46. The van der Waals surface area contributed by atoms with Crippen LogP contribution in [-0.4, -0.2) is 0 Å². The molecule has 0 aliphatic heterocycles. The third-order valence-electron chi connectivity index (χ3n) is 4.30. The van der Waals surface area contributed by atoms with E-state index in [2.05, 4.69) is 90.7 Å². The molecular weight excluding hydrogens is 365 g/mol.